The highest BCUT2D eigenvalue weighted by Crippen LogP contribution is 2.32. The van der Waals surface area contributed by atoms with Gasteiger partial charge in [0.25, 0.3) is 5.56 Å². The van der Waals surface area contributed by atoms with Gasteiger partial charge < -0.3 is 4.74 Å². The Morgan fingerprint density at radius 1 is 1.04 bits per heavy atom. The van der Waals surface area contributed by atoms with Crippen molar-refractivity contribution in [1.29, 1.82) is 0 Å². The molecule has 116 valence electrons. The van der Waals surface area contributed by atoms with Crippen LogP contribution < -0.4 is 10.3 Å². The zero-order valence-electron chi connectivity index (χ0n) is 12.7. The van der Waals surface area contributed by atoms with Gasteiger partial charge in [-0.3, -0.25) is 9.78 Å². The summed E-state index contributed by atoms with van der Waals surface area (Å²) in [5, 5.41) is 0.666. The summed E-state index contributed by atoms with van der Waals surface area (Å²) in [4.78, 5) is 15.0. The van der Waals surface area contributed by atoms with Crippen LogP contribution in [0.4, 0.5) is 0 Å². The number of aryl methyl sites for hydroxylation is 1. The average Bonchev–Trinajstić information content (AvgIpc) is 2.57. The molecule has 0 aliphatic carbocycles. The quantitative estimate of drug-likeness (QED) is 0.729. The molecule has 0 saturated heterocycles. The molecule has 0 saturated carbocycles. The summed E-state index contributed by atoms with van der Waals surface area (Å²) in [6.45, 7) is 1.95. The van der Waals surface area contributed by atoms with Crippen molar-refractivity contribution in [3.63, 3.8) is 0 Å². The lowest BCUT2D eigenvalue weighted by Crippen LogP contribution is -2.13. The Balaban J connectivity index is 2.11. The molecule has 0 atom stereocenters. The van der Waals surface area contributed by atoms with Crippen LogP contribution in [-0.2, 0) is 6.42 Å². The first-order chi connectivity index (χ1) is 11.2. The van der Waals surface area contributed by atoms with Gasteiger partial charge in [-0.1, -0.05) is 48.9 Å². The maximum Gasteiger partial charge on any atom is 0.253 e. The lowest BCUT2D eigenvalue weighted by molar-refractivity contribution is 0.463. The van der Waals surface area contributed by atoms with Gasteiger partial charge in [0.15, 0.2) is 0 Å². The normalized spacial score (nSPS) is 10.5. The Bertz CT molecular complexity index is 855. The predicted molar refractivity (Wildman–Crippen MR) is 93.4 cm³/mol. The van der Waals surface area contributed by atoms with E-state index in [1.165, 1.54) is 0 Å². The second kappa shape index (κ2) is 6.71. The standard InChI is InChI=1S/C19H16ClNO2/c1-2-13-12-17(14-8-10-15(20)11-9-14)19(21-18(13)22)23-16-6-4-3-5-7-16/h3-12H,2H2,1H3,(H,21,22). The Hall–Kier alpha value is -2.52. The van der Waals surface area contributed by atoms with Crippen LogP contribution >= 0.6 is 11.6 Å². The molecule has 0 spiro atoms. The molecule has 0 unspecified atom stereocenters. The number of para-hydroxylation sites is 1. The van der Waals surface area contributed by atoms with Gasteiger partial charge in [-0.05, 0) is 42.3 Å². The molecule has 0 bridgehead atoms. The number of halogens is 1. The van der Waals surface area contributed by atoms with Gasteiger partial charge >= 0.3 is 0 Å². The molecule has 0 fully saturated rings. The van der Waals surface area contributed by atoms with Gasteiger partial charge in [0, 0.05) is 16.1 Å². The van der Waals surface area contributed by atoms with Gasteiger partial charge in [-0.2, -0.15) is 0 Å². The minimum absolute atomic E-state index is 0.129. The van der Waals surface area contributed by atoms with Crippen LogP contribution in [0.5, 0.6) is 11.6 Å². The molecule has 23 heavy (non-hydrogen) atoms. The topological polar surface area (TPSA) is 42.1 Å². The Morgan fingerprint density at radius 3 is 2.39 bits per heavy atom. The van der Waals surface area contributed by atoms with Crippen molar-refractivity contribution in [2.24, 2.45) is 0 Å². The number of pyridine rings is 1. The molecular formula is C19H16ClNO2. The van der Waals surface area contributed by atoms with E-state index in [-0.39, 0.29) is 5.56 Å². The number of benzene rings is 2. The second-order valence-corrected chi connectivity index (χ2v) is 5.58. The van der Waals surface area contributed by atoms with E-state index >= 15 is 0 Å². The molecule has 3 nitrogen and oxygen atoms in total. The van der Waals surface area contributed by atoms with Crippen LogP contribution in [0, 0.1) is 0 Å². The third kappa shape index (κ3) is 3.46. The summed E-state index contributed by atoms with van der Waals surface area (Å²) in [5.41, 5.74) is 2.36. The second-order valence-electron chi connectivity index (χ2n) is 5.14. The molecule has 1 aromatic heterocycles. The first-order valence-electron chi connectivity index (χ1n) is 7.42. The van der Waals surface area contributed by atoms with Crippen LogP contribution in [-0.4, -0.2) is 4.98 Å². The molecule has 3 aromatic rings. The molecule has 0 radical (unpaired) electrons. The van der Waals surface area contributed by atoms with Crippen LogP contribution in [0.2, 0.25) is 5.02 Å². The summed E-state index contributed by atoms with van der Waals surface area (Å²) < 4.78 is 5.89. The number of hydrogen-bond acceptors (Lipinski definition) is 2. The van der Waals surface area contributed by atoms with Crippen LogP contribution in [0.3, 0.4) is 0 Å². The Kier molecular flexibility index (Phi) is 4.49. The first kappa shape index (κ1) is 15.4. The van der Waals surface area contributed by atoms with Gasteiger partial charge in [0.2, 0.25) is 5.88 Å². The predicted octanol–water partition coefficient (Wildman–Crippen LogP) is 5.05. The molecule has 2 aromatic carbocycles. The van der Waals surface area contributed by atoms with Crippen LogP contribution in [0.15, 0.2) is 65.5 Å². The van der Waals surface area contributed by atoms with Crippen LogP contribution in [0.25, 0.3) is 11.1 Å². The maximum atomic E-state index is 12.1. The molecule has 3 rings (SSSR count). The SMILES string of the molecule is CCc1cc(-c2ccc(Cl)cc2)c(Oc2ccccc2)[nH]c1=O. The fraction of sp³-hybridized carbons (Fsp3) is 0.105. The first-order valence-corrected chi connectivity index (χ1v) is 7.80. The Labute approximate surface area is 139 Å². The summed E-state index contributed by atoms with van der Waals surface area (Å²) in [6, 6.07) is 18.7. The molecule has 0 aliphatic rings. The molecular weight excluding hydrogens is 310 g/mol. The van der Waals surface area contributed by atoms with Crippen molar-refractivity contribution in [2.45, 2.75) is 13.3 Å². The maximum absolute atomic E-state index is 12.1. The third-order valence-corrected chi connectivity index (χ3v) is 3.83. The summed E-state index contributed by atoms with van der Waals surface area (Å²) in [7, 11) is 0. The van der Waals surface area contributed by atoms with E-state index in [0.29, 0.717) is 23.1 Å². The highest BCUT2D eigenvalue weighted by atomic mass is 35.5. The number of nitrogens with one attached hydrogen (secondary N) is 1. The average molecular weight is 326 g/mol. The fourth-order valence-electron chi connectivity index (χ4n) is 2.35. The van der Waals surface area contributed by atoms with Crippen molar-refractivity contribution >= 4 is 11.6 Å². The lowest BCUT2D eigenvalue weighted by atomic mass is 10.0. The van der Waals surface area contributed by atoms with E-state index in [9.17, 15) is 4.79 Å². The summed E-state index contributed by atoms with van der Waals surface area (Å²) in [6.07, 6.45) is 0.654. The van der Waals surface area contributed by atoms with Gasteiger partial charge in [0.05, 0.1) is 0 Å². The van der Waals surface area contributed by atoms with Gasteiger partial charge in [-0.25, -0.2) is 0 Å². The van der Waals surface area contributed by atoms with E-state index in [1.54, 1.807) is 0 Å². The largest absolute Gasteiger partial charge is 0.440 e. The van der Waals surface area contributed by atoms with Crippen molar-refractivity contribution in [3.05, 3.63) is 81.6 Å². The fourth-order valence-corrected chi connectivity index (χ4v) is 2.48. The van der Waals surface area contributed by atoms with Crippen molar-refractivity contribution in [2.75, 3.05) is 0 Å². The number of aromatic nitrogens is 1. The van der Waals surface area contributed by atoms with E-state index in [2.05, 4.69) is 4.98 Å². The number of hydrogen-bond donors (Lipinski definition) is 1. The zero-order valence-corrected chi connectivity index (χ0v) is 13.4. The van der Waals surface area contributed by atoms with Gasteiger partial charge in [-0.15, -0.1) is 0 Å². The molecule has 0 aliphatic heterocycles. The highest BCUT2D eigenvalue weighted by molar-refractivity contribution is 6.30. The zero-order chi connectivity index (χ0) is 16.2. The van der Waals surface area contributed by atoms with E-state index in [0.717, 1.165) is 16.7 Å². The van der Waals surface area contributed by atoms with Crippen molar-refractivity contribution in [3.8, 4) is 22.8 Å². The van der Waals surface area contributed by atoms with Gasteiger partial charge in [0.1, 0.15) is 5.75 Å². The minimum atomic E-state index is -0.129. The smallest absolute Gasteiger partial charge is 0.253 e. The number of H-pyrrole nitrogens is 1. The molecule has 0 amide bonds. The molecule has 1 heterocycles. The van der Waals surface area contributed by atoms with Crippen LogP contribution in [0.1, 0.15) is 12.5 Å². The number of rotatable bonds is 4. The minimum Gasteiger partial charge on any atom is -0.440 e. The summed E-state index contributed by atoms with van der Waals surface area (Å²) in [5.74, 6) is 1.10. The molecule has 1 N–H and O–H groups in total. The number of ether oxygens (including phenoxy) is 1. The summed E-state index contributed by atoms with van der Waals surface area (Å²) >= 11 is 5.96. The number of aromatic amines is 1. The van der Waals surface area contributed by atoms with E-state index in [1.807, 2.05) is 67.6 Å². The third-order valence-electron chi connectivity index (χ3n) is 3.58. The van der Waals surface area contributed by atoms with E-state index < -0.39 is 0 Å². The van der Waals surface area contributed by atoms with Crippen molar-refractivity contribution < 1.29 is 4.74 Å². The van der Waals surface area contributed by atoms with Crippen molar-refractivity contribution in [1.82, 2.24) is 4.98 Å². The van der Waals surface area contributed by atoms with E-state index in [4.69, 9.17) is 16.3 Å². The lowest BCUT2D eigenvalue weighted by Gasteiger charge is -2.12. The Morgan fingerprint density at radius 2 is 1.74 bits per heavy atom. The monoisotopic (exact) mass is 325 g/mol. The molecule has 4 heteroatoms. The highest BCUT2D eigenvalue weighted by Gasteiger charge is 2.12.